The summed E-state index contributed by atoms with van der Waals surface area (Å²) < 4.78 is 5.12. The Balaban J connectivity index is 2.11. The van der Waals surface area contributed by atoms with Crippen LogP contribution in [0.5, 0.6) is 0 Å². The van der Waals surface area contributed by atoms with E-state index < -0.39 is 0 Å². The first-order valence-electron chi connectivity index (χ1n) is 7.25. The number of methoxy groups -OCH3 is 1. The van der Waals surface area contributed by atoms with Crippen molar-refractivity contribution in [2.24, 2.45) is 0 Å². The molecule has 5 nitrogen and oxygen atoms in total. The standard InChI is InChI=1S/C16H21N3O2/c1-21-12-11-19(10-4-9-17)15-8-7-13-5-2-3-6-14(13)18-16(15)20/h2-3,5-6,15H,4,7-8,10-12H2,1H3,(H,18,20). The van der Waals surface area contributed by atoms with Gasteiger partial charge in [0.15, 0.2) is 0 Å². The fourth-order valence-corrected chi connectivity index (χ4v) is 2.67. The molecule has 0 aromatic heterocycles. The fraction of sp³-hybridized carbons (Fsp3) is 0.500. The quantitative estimate of drug-likeness (QED) is 0.866. The van der Waals surface area contributed by atoms with Gasteiger partial charge in [-0.05, 0) is 24.5 Å². The lowest BCUT2D eigenvalue weighted by Gasteiger charge is -2.28. The van der Waals surface area contributed by atoms with Gasteiger partial charge in [-0.25, -0.2) is 0 Å². The van der Waals surface area contributed by atoms with Crippen molar-refractivity contribution >= 4 is 11.6 Å². The largest absolute Gasteiger partial charge is 0.383 e. The smallest absolute Gasteiger partial charge is 0.241 e. The van der Waals surface area contributed by atoms with E-state index in [4.69, 9.17) is 10.00 Å². The number of aryl methyl sites for hydroxylation is 1. The van der Waals surface area contributed by atoms with Gasteiger partial charge in [0, 0.05) is 32.3 Å². The van der Waals surface area contributed by atoms with Crippen LogP contribution in [0.25, 0.3) is 0 Å². The van der Waals surface area contributed by atoms with Gasteiger partial charge in [-0.1, -0.05) is 18.2 Å². The molecule has 1 aromatic carbocycles. The first-order chi connectivity index (χ1) is 10.3. The van der Waals surface area contributed by atoms with Crippen molar-refractivity contribution in [3.8, 4) is 6.07 Å². The van der Waals surface area contributed by atoms with E-state index in [0.29, 0.717) is 26.1 Å². The monoisotopic (exact) mass is 287 g/mol. The summed E-state index contributed by atoms with van der Waals surface area (Å²) in [6.45, 7) is 1.81. The lowest BCUT2D eigenvalue weighted by molar-refractivity contribution is -0.121. The van der Waals surface area contributed by atoms with Crippen molar-refractivity contribution in [3.63, 3.8) is 0 Å². The van der Waals surface area contributed by atoms with Gasteiger partial charge in [-0.3, -0.25) is 9.69 Å². The molecule has 5 heteroatoms. The maximum Gasteiger partial charge on any atom is 0.241 e. The minimum atomic E-state index is -0.208. The maximum atomic E-state index is 12.5. The van der Waals surface area contributed by atoms with E-state index in [0.717, 1.165) is 18.5 Å². The highest BCUT2D eigenvalue weighted by atomic mass is 16.5. The Bertz CT molecular complexity index is 524. The van der Waals surface area contributed by atoms with Crippen molar-refractivity contribution in [2.45, 2.75) is 25.3 Å². The molecule has 1 aromatic rings. The normalized spacial score (nSPS) is 17.8. The van der Waals surface area contributed by atoms with E-state index in [2.05, 4.69) is 11.4 Å². The summed E-state index contributed by atoms with van der Waals surface area (Å²) in [6, 6.07) is 9.84. The number of nitrogens with one attached hydrogen (secondary N) is 1. The molecule has 0 saturated heterocycles. The van der Waals surface area contributed by atoms with Gasteiger partial charge in [-0.2, -0.15) is 5.26 Å². The summed E-state index contributed by atoms with van der Waals surface area (Å²) in [5.74, 6) is 0.00833. The lowest BCUT2D eigenvalue weighted by atomic mass is 10.0. The van der Waals surface area contributed by atoms with Gasteiger partial charge in [0.25, 0.3) is 0 Å². The van der Waals surface area contributed by atoms with Gasteiger partial charge in [0.1, 0.15) is 0 Å². The predicted octanol–water partition coefficient (Wildman–Crippen LogP) is 1.80. The highest BCUT2D eigenvalue weighted by Crippen LogP contribution is 2.23. The summed E-state index contributed by atoms with van der Waals surface area (Å²) in [6.07, 6.45) is 2.04. The molecule has 0 bridgehead atoms. The molecule has 1 amide bonds. The molecule has 1 unspecified atom stereocenters. The van der Waals surface area contributed by atoms with Crippen LogP contribution in [-0.2, 0) is 16.0 Å². The van der Waals surface area contributed by atoms with Crippen LogP contribution >= 0.6 is 0 Å². The molecule has 0 radical (unpaired) electrons. The number of carbonyl (C=O) groups is 1. The molecule has 0 saturated carbocycles. The molecular weight excluding hydrogens is 266 g/mol. The second-order valence-corrected chi connectivity index (χ2v) is 5.14. The number of benzene rings is 1. The first kappa shape index (κ1) is 15.5. The van der Waals surface area contributed by atoms with E-state index in [1.165, 1.54) is 5.56 Å². The van der Waals surface area contributed by atoms with Gasteiger partial charge >= 0.3 is 0 Å². The van der Waals surface area contributed by atoms with Gasteiger partial charge < -0.3 is 10.1 Å². The Labute approximate surface area is 125 Å². The summed E-state index contributed by atoms with van der Waals surface area (Å²) in [5.41, 5.74) is 2.07. The number of amides is 1. The highest BCUT2D eigenvalue weighted by molar-refractivity contribution is 5.96. The van der Waals surface area contributed by atoms with E-state index in [1.807, 2.05) is 29.2 Å². The maximum absolute atomic E-state index is 12.5. The van der Waals surface area contributed by atoms with Crippen LogP contribution < -0.4 is 5.32 Å². The van der Waals surface area contributed by atoms with E-state index in [9.17, 15) is 4.79 Å². The number of anilines is 1. The zero-order valence-electron chi connectivity index (χ0n) is 12.3. The van der Waals surface area contributed by atoms with E-state index in [-0.39, 0.29) is 11.9 Å². The van der Waals surface area contributed by atoms with Crippen molar-refractivity contribution in [1.29, 1.82) is 5.26 Å². The second-order valence-electron chi connectivity index (χ2n) is 5.14. The number of para-hydroxylation sites is 1. The van der Waals surface area contributed by atoms with Crippen molar-refractivity contribution < 1.29 is 9.53 Å². The Morgan fingerprint density at radius 2 is 2.24 bits per heavy atom. The molecule has 1 heterocycles. The minimum Gasteiger partial charge on any atom is -0.383 e. The third kappa shape index (κ3) is 4.03. The van der Waals surface area contributed by atoms with Crippen LogP contribution in [-0.4, -0.2) is 43.7 Å². The zero-order valence-corrected chi connectivity index (χ0v) is 12.3. The Morgan fingerprint density at radius 3 is 3.00 bits per heavy atom. The molecule has 1 atom stereocenters. The first-order valence-corrected chi connectivity index (χ1v) is 7.25. The second kappa shape index (κ2) is 7.77. The lowest BCUT2D eigenvalue weighted by Crippen LogP contribution is -2.45. The van der Waals surface area contributed by atoms with Crippen molar-refractivity contribution in [3.05, 3.63) is 29.8 Å². The number of ether oxygens (including phenoxy) is 1. The molecule has 0 spiro atoms. The average molecular weight is 287 g/mol. The number of fused-ring (bicyclic) bond motifs is 1. The van der Waals surface area contributed by atoms with Crippen LogP contribution in [0, 0.1) is 11.3 Å². The number of hydrogen-bond donors (Lipinski definition) is 1. The molecule has 1 aliphatic heterocycles. The van der Waals surface area contributed by atoms with Crippen molar-refractivity contribution in [2.75, 3.05) is 32.1 Å². The Hall–Kier alpha value is -1.90. The number of rotatable bonds is 6. The van der Waals surface area contributed by atoms with Gasteiger partial charge in [0.05, 0.1) is 18.7 Å². The van der Waals surface area contributed by atoms with Crippen molar-refractivity contribution in [1.82, 2.24) is 4.90 Å². The third-order valence-electron chi connectivity index (χ3n) is 3.80. The summed E-state index contributed by atoms with van der Waals surface area (Å²) in [7, 11) is 1.64. The molecular formula is C16H21N3O2. The van der Waals surface area contributed by atoms with Crippen LogP contribution in [0.3, 0.4) is 0 Å². The predicted molar refractivity (Wildman–Crippen MR) is 80.9 cm³/mol. The highest BCUT2D eigenvalue weighted by Gasteiger charge is 2.28. The Kier molecular flexibility index (Phi) is 5.73. The number of nitrogens with zero attached hydrogens (tertiary/aromatic N) is 2. The number of carbonyl (C=O) groups excluding carboxylic acids is 1. The molecule has 1 aliphatic rings. The SMILES string of the molecule is COCCN(CCC#N)C1CCc2ccccc2NC1=O. The fourth-order valence-electron chi connectivity index (χ4n) is 2.67. The molecule has 112 valence electrons. The Morgan fingerprint density at radius 1 is 1.43 bits per heavy atom. The molecule has 0 aliphatic carbocycles. The summed E-state index contributed by atoms with van der Waals surface area (Å²) in [4.78, 5) is 14.5. The van der Waals surface area contributed by atoms with Crippen LogP contribution in [0.4, 0.5) is 5.69 Å². The molecule has 21 heavy (non-hydrogen) atoms. The molecule has 2 rings (SSSR count). The topological polar surface area (TPSA) is 65.4 Å². The van der Waals surface area contributed by atoms with Gasteiger partial charge in [-0.15, -0.1) is 0 Å². The molecule has 1 N–H and O–H groups in total. The summed E-state index contributed by atoms with van der Waals surface area (Å²) >= 11 is 0. The van der Waals surface area contributed by atoms with Crippen LogP contribution in [0.15, 0.2) is 24.3 Å². The minimum absolute atomic E-state index is 0.00833. The van der Waals surface area contributed by atoms with E-state index >= 15 is 0 Å². The van der Waals surface area contributed by atoms with E-state index in [1.54, 1.807) is 7.11 Å². The van der Waals surface area contributed by atoms with Gasteiger partial charge in [0.2, 0.25) is 5.91 Å². The zero-order chi connectivity index (χ0) is 15.1. The number of nitriles is 1. The summed E-state index contributed by atoms with van der Waals surface area (Å²) in [5, 5.41) is 11.8. The third-order valence-corrected chi connectivity index (χ3v) is 3.80. The van der Waals surface area contributed by atoms with Crippen LogP contribution in [0.2, 0.25) is 0 Å². The average Bonchev–Trinajstić information content (AvgIpc) is 2.66. The van der Waals surface area contributed by atoms with Crippen LogP contribution in [0.1, 0.15) is 18.4 Å². The number of hydrogen-bond acceptors (Lipinski definition) is 4. The molecule has 0 fully saturated rings.